The van der Waals surface area contributed by atoms with Crippen LogP contribution in [0.3, 0.4) is 0 Å². The summed E-state index contributed by atoms with van der Waals surface area (Å²) >= 11 is 1.72. The molecule has 0 amide bonds. The van der Waals surface area contributed by atoms with Crippen LogP contribution in [0.2, 0.25) is 0 Å². The molecular formula is C21H16N2S. The molecule has 0 saturated carbocycles. The molecule has 2 heterocycles. The molecule has 0 saturated heterocycles. The summed E-state index contributed by atoms with van der Waals surface area (Å²) in [5, 5.41) is 4.30. The standard InChI is InChI=1S/C21H16N2S/c1-2-7-18(8-3-1)23(19-9-6-13-22-15-19)21-11-5-4-10-20(21)17-12-14-24-16-17/h1-16H. The Hall–Kier alpha value is -2.91. The molecule has 0 aliphatic carbocycles. The van der Waals surface area contributed by atoms with Crippen LogP contribution >= 0.6 is 11.3 Å². The molecule has 0 aliphatic heterocycles. The smallest absolute Gasteiger partial charge is 0.0645 e. The average molecular weight is 328 g/mol. The van der Waals surface area contributed by atoms with E-state index in [1.165, 1.54) is 11.1 Å². The lowest BCUT2D eigenvalue weighted by Gasteiger charge is -2.27. The molecule has 0 radical (unpaired) electrons. The van der Waals surface area contributed by atoms with Crippen molar-refractivity contribution in [3.05, 3.63) is 96.0 Å². The van der Waals surface area contributed by atoms with Crippen molar-refractivity contribution in [2.24, 2.45) is 0 Å². The van der Waals surface area contributed by atoms with Crippen molar-refractivity contribution in [1.82, 2.24) is 4.98 Å². The minimum atomic E-state index is 1.05. The molecule has 0 fully saturated rings. The maximum absolute atomic E-state index is 4.31. The van der Waals surface area contributed by atoms with Gasteiger partial charge in [-0.25, -0.2) is 0 Å². The zero-order valence-electron chi connectivity index (χ0n) is 13.0. The summed E-state index contributed by atoms with van der Waals surface area (Å²) in [5.74, 6) is 0. The predicted molar refractivity (Wildman–Crippen MR) is 102 cm³/mol. The fourth-order valence-corrected chi connectivity index (χ4v) is 3.48. The lowest BCUT2D eigenvalue weighted by molar-refractivity contribution is 1.23. The van der Waals surface area contributed by atoms with Gasteiger partial charge in [-0.15, -0.1) is 0 Å². The number of aromatic nitrogens is 1. The Kier molecular flexibility index (Phi) is 4.09. The highest BCUT2D eigenvalue weighted by atomic mass is 32.1. The second-order valence-electron chi connectivity index (χ2n) is 5.41. The number of thiophene rings is 1. The highest BCUT2D eigenvalue weighted by Gasteiger charge is 2.16. The monoisotopic (exact) mass is 328 g/mol. The first-order valence-electron chi connectivity index (χ1n) is 7.80. The average Bonchev–Trinajstić information content (AvgIpc) is 3.19. The van der Waals surface area contributed by atoms with Crippen LogP contribution in [0.15, 0.2) is 96.0 Å². The summed E-state index contributed by atoms with van der Waals surface area (Å²) in [4.78, 5) is 6.56. The number of hydrogen-bond acceptors (Lipinski definition) is 3. The van der Waals surface area contributed by atoms with E-state index in [1.807, 2.05) is 18.3 Å². The van der Waals surface area contributed by atoms with Crippen LogP contribution in [-0.4, -0.2) is 4.98 Å². The Morgan fingerprint density at radius 3 is 2.29 bits per heavy atom. The number of para-hydroxylation sites is 2. The molecule has 4 aromatic rings. The Bertz CT molecular complexity index is 864. The fourth-order valence-electron chi connectivity index (χ4n) is 2.82. The van der Waals surface area contributed by atoms with E-state index in [4.69, 9.17) is 0 Å². The second kappa shape index (κ2) is 6.69. The summed E-state index contributed by atoms with van der Waals surface area (Å²) in [6.45, 7) is 0. The van der Waals surface area contributed by atoms with Crippen LogP contribution in [0.1, 0.15) is 0 Å². The van der Waals surface area contributed by atoms with Gasteiger partial charge in [0.1, 0.15) is 0 Å². The Morgan fingerprint density at radius 2 is 1.54 bits per heavy atom. The quantitative estimate of drug-likeness (QED) is 0.438. The van der Waals surface area contributed by atoms with Gasteiger partial charge in [-0.05, 0) is 52.7 Å². The molecule has 0 unspecified atom stereocenters. The molecule has 0 spiro atoms. The minimum Gasteiger partial charge on any atom is -0.308 e. The SMILES string of the molecule is c1ccc(N(c2cccnc2)c2ccccc2-c2ccsc2)cc1. The van der Waals surface area contributed by atoms with E-state index < -0.39 is 0 Å². The van der Waals surface area contributed by atoms with Gasteiger partial charge in [0.2, 0.25) is 0 Å². The third kappa shape index (κ3) is 2.82. The maximum atomic E-state index is 4.31. The lowest BCUT2D eigenvalue weighted by atomic mass is 10.0. The Balaban J connectivity index is 1.93. The number of anilines is 3. The van der Waals surface area contributed by atoms with Crippen molar-refractivity contribution >= 4 is 28.4 Å². The van der Waals surface area contributed by atoms with Crippen molar-refractivity contribution in [2.75, 3.05) is 4.90 Å². The zero-order chi connectivity index (χ0) is 16.2. The van der Waals surface area contributed by atoms with E-state index in [2.05, 4.69) is 81.3 Å². The van der Waals surface area contributed by atoms with Gasteiger partial charge in [0.25, 0.3) is 0 Å². The molecule has 3 heteroatoms. The van der Waals surface area contributed by atoms with Crippen molar-refractivity contribution in [1.29, 1.82) is 0 Å². The van der Waals surface area contributed by atoms with Gasteiger partial charge >= 0.3 is 0 Å². The van der Waals surface area contributed by atoms with Crippen molar-refractivity contribution in [2.45, 2.75) is 0 Å². The number of nitrogens with zero attached hydrogens (tertiary/aromatic N) is 2. The van der Waals surface area contributed by atoms with E-state index in [0.717, 1.165) is 17.1 Å². The van der Waals surface area contributed by atoms with Gasteiger partial charge < -0.3 is 4.90 Å². The van der Waals surface area contributed by atoms with Crippen LogP contribution in [0, 0.1) is 0 Å². The molecule has 0 atom stereocenters. The largest absolute Gasteiger partial charge is 0.308 e. The maximum Gasteiger partial charge on any atom is 0.0645 e. The highest BCUT2D eigenvalue weighted by molar-refractivity contribution is 7.08. The summed E-state index contributed by atoms with van der Waals surface area (Å²) < 4.78 is 0. The van der Waals surface area contributed by atoms with Crippen LogP contribution in [0.5, 0.6) is 0 Å². The normalized spacial score (nSPS) is 10.5. The lowest BCUT2D eigenvalue weighted by Crippen LogP contribution is -2.11. The molecule has 0 bridgehead atoms. The third-order valence-corrected chi connectivity index (χ3v) is 4.58. The van der Waals surface area contributed by atoms with Crippen molar-refractivity contribution in [3.8, 4) is 11.1 Å². The van der Waals surface area contributed by atoms with E-state index in [1.54, 1.807) is 17.5 Å². The number of benzene rings is 2. The number of rotatable bonds is 4. The summed E-state index contributed by atoms with van der Waals surface area (Å²) in [6.07, 6.45) is 3.70. The van der Waals surface area contributed by atoms with Crippen molar-refractivity contribution in [3.63, 3.8) is 0 Å². The van der Waals surface area contributed by atoms with Gasteiger partial charge in [0.05, 0.1) is 17.6 Å². The Morgan fingerprint density at radius 1 is 0.750 bits per heavy atom. The summed E-state index contributed by atoms with van der Waals surface area (Å²) in [7, 11) is 0. The molecule has 2 aromatic heterocycles. The summed E-state index contributed by atoms with van der Waals surface area (Å²) in [6, 6.07) is 25.1. The van der Waals surface area contributed by atoms with E-state index in [9.17, 15) is 0 Å². The third-order valence-electron chi connectivity index (χ3n) is 3.90. The van der Waals surface area contributed by atoms with Crippen LogP contribution in [0.4, 0.5) is 17.1 Å². The molecular weight excluding hydrogens is 312 g/mol. The minimum absolute atomic E-state index is 1.05. The van der Waals surface area contributed by atoms with Crippen LogP contribution < -0.4 is 4.90 Å². The fraction of sp³-hybridized carbons (Fsp3) is 0. The Labute approximate surface area is 145 Å². The topological polar surface area (TPSA) is 16.1 Å². The van der Waals surface area contributed by atoms with Gasteiger partial charge in [0.15, 0.2) is 0 Å². The highest BCUT2D eigenvalue weighted by Crippen LogP contribution is 2.40. The van der Waals surface area contributed by atoms with Gasteiger partial charge in [-0.3, -0.25) is 4.98 Å². The van der Waals surface area contributed by atoms with E-state index in [0.29, 0.717) is 0 Å². The second-order valence-corrected chi connectivity index (χ2v) is 6.19. The van der Waals surface area contributed by atoms with E-state index >= 15 is 0 Å². The van der Waals surface area contributed by atoms with Crippen molar-refractivity contribution < 1.29 is 0 Å². The molecule has 24 heavy (non-hydrogen) atoms. The molecule has 2 nitrogen and oxygen atoms in total. The molecule has 4 rings (SSSR count). The number of hydrogen-bond donors (Lipinski definition) is 0. The van der Waals surface area contributed by atoms with Gasteiger partial charge in [-0.1, -0.05) is 36.4 Å². The number of pyridine rings is 1. The first-order valence-corrected chi connectivity index (χ1v) is 8.74. The molecule has 0 aliphatic rings. The molecule has 2 aromatic carbocycles. The molecule has 116 valence electrons. The zero-order valence-corrected chi connectivity index (χ0v) is 13.9. The van der Waals surface area contributed by atoms with E-state index in [-0.39, 0.29) is 0 Å². The summed E-state index contributed by atoms with van der Waals surface area (Å²) in [5.41, 5.74) is 5.77. The van der Waals surface area contributed by atoms with Gasteiger partial charge in [0, 0.05) is 17.4 Å². The predicted octanol–water partition coefficient (Wildman–Crippen LogP) is 6.28. The van der Waals surface area contributed by atoms with Crippen LogP contribution in [0.25, 0.3) is 11.1 Å². The van der Waals surface area contributed by atoms with Crippen LogP contribution in [-0.2, 0) is 0 Å². The first kappa shape index (κ1) is 14.7. The first-order chi connectivity index (χ1) is 11.9. The van der Waals surface area contributed by atoms with Gasteiger partial charge in [-0.2, -0.15) is 11.3 Å². The molecule has 0 N–H and O–H groups in total.